The van der Waals surface area contributed by atoms with Gasteiger partial charge in [0.2, 0.25) is 0 Å². The topological polar surface area (TPSA) is 32.8 Å². The number of hydrogen-bond donors (Lipinski definition) is 0. The minimum atomic E-state index is 0.105. The molecule has 2 aromatic rings. The first-order valence-corrected chi connectivity index (χ1v) is 11.4. The first kappa shape index (κ1) is 21.2. The van der Waals surface area contributed by atoms with Crippen LogP contribution >= 0.6 is 0 Å². The van der Waals surface area contributed by atoms with E-state index in [1.54, 1.807) is 0 Å². The van der Waals surface area contributed by atoms with Crippen molar-refractivity contribution in [3.63, 3.8) is 0 Å². The summed E-state index contributed by atoms with van der Waals surface area (Å²) in [6, 6.07) is 17.8. The highest BCUT2D eigenvalue weighted by molar-refractivity contribution is 6.09. The van der Waals surface area contributed by atoms with Crippen LogP contribution in [0.3, 0.4) is 0 Å². The molecule has 2 saturated heterocycles. The smallest absolute Gasteiger partial charge is 0.193 e. The van der Waals surface area contributed by atoms with E-state index in [0.29, 0.717) is 5.92 Å². The number of ether oxygens (including phenoxy) is 1. The van der Waals surface area contributed by atoms with E-state index in [2.05, 4.69) is 28.9 Å². The molecule has 2 aliphatic heterocycles. The summed E-state index contributed by atoms with van der Waals surface area (Å²) in [4.78, 5) is 18.0. The highest BCUT2D eigenvalue weighted by Crippen LogP contribution is 2.24. The number of rotatable bonds is 7. The van der Waals surface area contributed by atoms with Crippen LogP contribution in [0.2, 0.25) is 0 Å². The van der Waals surface area contributed by atoms with E-state index in [-0.39, 0.29) is 5.78 Å². The molecule has 0 radical (unpaired) electrons. The second kappa shape index (κ2) is 10.3. The number of hydrogen-bond acceptors (Lipinski definition) is 4. The summed E-state index contributed by atoms with van der Waals surface area (Å²) in [5.74, 6) is 1.28. The van der Waals surface area contributed by atoms with E-state index in [1.807, 2.05) is 42.5 Å². The van der Waals surface area contributed by atoms with Gasteiger partial charge in [0.05, 0.1) is 13.2 Å². The molecule has 0 aliphatic carbocycles. The zero-order valence-corrected chi connectivity index (χ0v) is 18.1. The number of piperidine rings is 1. The first-order chi connectivity index (χ1) is 14.7. The second-order valence-corrected chi connectivity index (χ2v) is 8.90. The Morgan fingerprint density at radius 1 is 1.00 bits per heavy atom. The van der Waals surface area contributed by atoms with Gasteiger partial charge >= 0.3 is 0 Å². The highest BCUT2D eigenvalue weighted by Gasteiger charge is 2.24. The lowest BCUT2D eigenvalue weighted by Gasteiger charge is -2.37. The molecule has 160 valence electrons. The Morgan fingerprint density at radius 3 is 2.57 bits per heavy atom. The molecule has 0 bridgehead atoms. The molecule has 2 fully saturated rings. The standard InChI is InChI=1S/C26H34N2O2/c1-21(18-28-12-6-7-22(20-28)19-27-13-15-30-16-14-27)24-10-5-11-25(17-24)26(29)23-8-3-2-4-9-23/h2-5,8-11,17,21-22H,6-7,12-16,18-20H2,1H3. The molecule has 0 N–H and O–H groups in total. The second-order valence-electron chi connectivity index (χ2n) is 8.90. The lowest BCUT2D eigenvalue weighted by atomic mass is 9.93. The summed E-state index contributed by atoms with van der Waals surface area (Å²) in [5.41, 5.74) is 2.80. The average Bonchev–Trinajstić information content (AvgIpc) is 2.80. The molecule has 4 rings (SSSR count). The van der Waals surface area contributed by atoms with Gasteiger partial charge in [0.25, 0.3) is 0 Å². The Balaban J connectivity index is 1.35. The summed E-state index contributed by atoms with van der Waals surface area (Å²) in [6.45, 7) is 10.8. The monoisotopic (exact) mass is 406 g/mol. The predicted molar refractivity (Wildman–Crippen MR) is 121 cm³/mol. The lowest BCUT2D eigenvalue weighted by Crippen LogP contribution is -2.45. The Kier molecular flexibility index (Phi) is 7.32. The van der Waals surface area contributed by atoms with Gasteiger partial charge in [-0.2, -0.15) is 0 Å². The van der Waals surface area contributed by atoms with Crippen LogP contribution in [0.25, 0.3) is 0 Å². The van der Waals surface area contributed by atoms with Crippen molar-refractivity contribution in [1.82, 2.24) is 9.80 Å². The molecular formula is C26H34N2O2. The molecule has 2 atom stereocenters. The van der Waals surface area contributed by atoms with Gasteiger partial charge in [0, 0.05) is 43.9 Å². The average molecular weight is 407 g/mol. The van der Waals surface area contributed by atoms with Crippen LogP contribution in [0.15, 0.2) is 54.6 Å². The number of carbonyl (C=O) groups excluding carboxylic acids is 1. The number of carbonyl (C=O) groups is 1. The molecule has 4 heteroatoms. The number of ketones is 1. The Labute approximate surface area is 180 Å². The SMILES string of the molecule is CC(CN1CCCC(CN2CCOCC2)C1)c1cccc(C(=O)c2ccccc2)c1. The molecule has 0 amide bonds. The van der Waals surface area contributed by atoms with Crippen molar-refractivity contribution in [2.75, 3.05) is 52.5 Å². The van der Waals surface area contributed by atoms with E-state index in [9.17, 15) is 4.79 Å². The zero-order valence-electron chi connectivity index (χ0n) is 18.1. The number of likely N-dealkylation sites (tertiary alicyclic amines) is 1. The zero-order chi connectivity index (χ0) is 20.8. The van der Waals surface area contributed by atoms with Crippen LogP contribution in [-0.2, 0) is 4.74 Å². The largest absolute Gasteiger partial charge is 0.379 e. The predicted octanol–water partition coefficient (Wildman–Crippen LogP) is 4.07. The fourth-order valence-electron chi connectivity index (χ4n) is 4.85. The summed E-state index contributed by atoms with van der Waals surface area (Å²) in [7, 11) is 0. The molecule has 2 aromatic carbocycles. The quantitative estimate of drug-likeness (QED) is 0.649. The Morgan fingerprint density at radius 2 is 1.77 bits per heavy atom. The molecule has 2 aliphatic rings. The van der Waals surface area contributed by atoms with Gasteiger partial charge in [-0.05, 0) is 42.9 Å². The van der Waals surface area contributed by atoms with Crippen molar-refractivity contribution in [3.05, 3.63) is 71.3 Å². The summed E-state index contributed by atoms with van der Waals surface area (Å²) in [6.07, 6.45) is 2.62. The van der Waals surface area contributed by atoms with Crippen LogP contribution in [0.5, 0.6) is 0 Å². The summed E-state index contributed by atoms with van der Waals surface area (Å²) < 4.78 is 5.49. The Bertz CT molecular complexity index is 817. The van der Waals surface area contributed by atoms with E-state index in [4.69, 9.17) is 4.74 Å². The van der Waals surface area contributed by atoms with Crippen molar-refractivity contribution >= 4 is 5.78 Å². The van der Waals surface area contributed by atoms with Gasteiger partial charge in [-0.15, -0.1) is 0 Å². The van der Waals surface area contributed by atoms with E-state index < -0.39 is 0 Å². The third-order valence-corrected chi connectivity index (χ3v) is 6.51. The van der Waals surface area contributed by atoms with Gasteiger partial charge < -0.3 is 9.64 Å². The molecule has 0 spiro atoms. The minimum Gasteiger partial charge on any atom is -0.379 e. The van der Waals surface area contributed by atoms with Crippen LogP contribution in [-0.4, -0.2) is 68.1 Å². The maximum absolute atomic E-state index is 12.8. The van der Waals surface area contributed by atoms with Crippen LogP contribution < -0.4 is 0 Å². The fourth-order valence-corrected chi connectivity index (χ4v) is 4.85. The van der Waals surface area contributed by atoms with Crippen molar-refractivity contribution in [3.8, 4) is 0 Å². The van der Waals surface area contributed by atoms with Crippen LogP contribution in [0, 0.1) is 5.92 Å². The first-order valence-electron chi connectivity index (χ1n) is 11.4. The number of nitrogens with zero attached hydrogens (tertiary/aromatic N) is 2. The molecular weight excluding hydrogens is 372 g/mol. The summed E-state index contributed by atoms with van der Waals surface area (Å²) in [5, 5.41) is 0. The van der Waals surface area contributed by atoms with E-state index >= 15 is 0 Å². The highest BCUT2D eigenvalue weighted by atomic mass is 16.5. The van der Waals surface area contributed by atoms with Crippen molar-refractivity contribution in [2.24, 2.45) is 5.92 Å². The van der Waals surface area contributed by atoms with Crippen LogP contribution in [0.1, 0.15) is 47.2 Å². The van der Waals surface area contributed by atoms with Gasteiger partial charge in [-0.3, -0.25) is 9.69 Å². The third-order valence-electron chi connectivity index (χ3n) is 6.51. The molecule has 0 saturated carbocycles. The third kappa shape index (κ3) is 5.57. The van der Waals surface area contributed by atoms with Gasteiger partial charge in [-0.1, -0.05) is 55.5 Å². The normalized spacial score (nSPS) is 22.0. The van der Waals surface area contributed by atoms with Crippen molar-refractivity contribution in [1.29, 1.82) is 0 Å². The maximum atomic E-state index is 12.8. The van der Waals surface area contributed by atoms with Crippen molar-refractivity contribution < 1.29 is 9.53 Å². The van der Waals surface area contributed by atoms with Crippen LogP contribution in [0.4, 0.5) is 0 Å². The molecule has 0 aromatic heterocycles. The van der Waals surface area contributed by atoms with Gasteiger partial charge in [-0.25, -0.2) is 0 Å². The van der Waals surface area contributed by atoms with E-state index in [1.165, 1.54) is 38.0 Å². The molecule has 30 heavy (non-hydrogen) atoms. The Hall–Kier alpha value is -2.01. The molecule has 2 unspecified atom stereocenters. The van der Waals surface area contributed by atoms with Gasteiger partial charge in [0.15, 0.2) is 5.78 Å². The summed E-state index contributed by atoms with van der Waals surface area (Å²) >= 11 is 0. The molecule has 4 nitrogen and oxygen atoms in total. The van der Waals surface area contributed by atoms with Gasteiger partial charge in [0.1, 0.15) is 0 Å². The molecule has 2 heterocycles. The van der Waals surface area contributed by atoms with E-state index in [0.717, 1.165) is 49.9 Å². The lowest BCUT2D eigenvalue weighted by molar-refractivity contribution is 0.0226. The number of morpholine rings is 1. The van der Waals surface area contributed by atoms with Crippen molar-refractivity contribution in [2.45, 2.75) is 25.7 Å². The fraction of sp³-hybridized carbons (Fsp3) is 0.500. The maximum Gasteiger partial charge on any atom is 0.193 e. The minimum absolute atomic E-state index is 0.105. The number of benzene rings is 2.